The van der Waals surface area contributed by atoms with E-state index < -0.39 is 9.84 Å². The van der Waals surface area contributed by atoms with Crippen LogP contribution in [0.5, 0.6) is 0 Å². The molecule has 1 unspecified atom stereocenters. The van der Waals surface area contributed by atoms with Gasteiger partial charge in [0.25, 0.3) is 0 Å². The Morgan fingerprint density at radius 2 is 2.00 bits per heavy atom. The lowest BCUT2D eigenvalue weighted by atomic mass is 9.90. The molecule has 0 saturated carbocycles. The first-order valence-corrected chi connectivity index (χ1v) is 9.24. The number of rotatable bonds is 2. The summed E-state index contributed by atoms with van der Waals surface area (Å²) < 4.78 is 22.8. The molecule has 0 aromatic heterocycles. The molecule has 1 aliphatic heterocycles. The van der Waals surface area contributed by atoms with E-state index in [1.54, 1.807) is 0 Å². The lowest BCUT2D eigenvalue weighted by Crippen LogP contribution is -2.38. The van der Waals surface area contributed by atoms with E-state index in [0.717, 1.165) is 24.9 Å². The number of fused-ring (bicyclic) bond motifs is 1. The third-order valence-corrected chi connectivity index (χ3v) is 5.98. The minimum absolute atomic E-state index is 0.0489. The highest BCUT2D eigenvalue weighted by molar-refractivity contribution is 7.91. The Bertz CT molecular complexity index is 655. The minimum Gasteiger partial charge on any atom is -0.334 e. The monoisotopic (exact) mass is 308 g/mol. The normalized spacial score (nSPS) is 23.3. The zero-order valence-corrected chi connectivity index (χ0v) is 12.7. The van der Waals surface area contributed by atoms with E-state index in [1.807, 2.05) is 12.1 Å². The highest BCUT2D eigenvalue weighted by Crippen LogP contribution is 2.27. The van der Waals surface area contributed by atoms with Crippen molar-refractivity contribution in [1.82, 2.24) is 5.32 Å². The van der Waals surface area contributed by atoms with Crippen LogP contribution in [0.4, 0.5) is 10.5 Å². The number of carbonyl (C=O) groups excluding carboxylic acids is 1. The molecule has 0 spiro atoms. The molecular formula is C15H20N2O3S. The summed E-state index contributed by atoms with van der Waals surface area (Å²) in [7, 11) is -2.97. The van der Waals surface area contributed by atoms with Crippen LogP contribution in [0.15, 0.2) is 18.2 Å². The molecule has 0 radical (unpaired) electrons. The largest absolute Gasteiger partial charge is 0.334 e. The highest BCUT2D eigenvalue weighted by Gasteiger charge is 2.29. The average Bonchev–Trinajstić information content (AvgIpc) is 2.78. The van der Waals surface area contributed by atoms with Crippen LogP contribution in [0.1, 0.15) is 30.4 Å². The Morgan fingerprint density at radius 3 is 2.76 bits per heavy atom. The zero-order chi connectivity index (χ0) is 14.9. The van der Waals surface area contributed by atoms with Crippen LogP contribution in [0.3, 0.4) is 0 Å². The second kappa shape index (κ2) is 5.67. The van der Waals surface area contributed by atoms with Gasteiger partial charge in [-0.15, -0.1) is 0 Å². The molecule has 2 N–H and O–H groups in total. The van der Waals surface area contributed by atoms with E-state index in [-0.39, 0.29) is 23.6 Å². The highest BCUT2D eigenvalue weighted by atomic mass is 32.2. The van der Waals surface area contributed by atoms with Gasteiger partial charge >= 0.3 is 6.03 Å². The van der Waals surface area contributed by atoms with Crippen molar-refractivity contribution in [2.45, 2.75) is 38.1 Å². The fraction of sp³-hybridized carbons (Fsp3) is 0.533. The summed E-state index contributed by atoms with van der Waals surface area (Å²) in [5, 5.41) is 5.64. The van der Waals surface area contributed by atoms with Crippen molar-refractivity contribution in [3.8, 4) is 0 Å². The Kier molecular flexibility index (Phi) is 3.89. The van der Waals surface area contributed by atoms with Crippen LogP contribution in [0.25, 0.3) is 0 Å². The molecule has 1 fully saturated rings. The van der Waals surface area contributed by atoms with E-state index in [2.05, 4.69) is 16.7 Å². The number of sulfone groups is 1. The summed E-state index contributed by atoms with van der Waals surface area (Å²) in [6.07, 6.45) is 4.90. The van der Waals surface area contributed by atoms with Gasteiger partial charge < -0.3 is 10.6 Å². The third-order valence-electron chi connectivity index (χ3n) is 4.21. The molecule has 1 aromatic rings. The van der Waals surface area contributed by atoms with Gasteiger partial charge in [0.15, 0.2) is 9.84 Å². The fourth-order valence-corrected chi connectivity index (χ4v) is 4.82. The summed E-state index contributed by atoms with van der Waals surface area (Å²) in [6, 6.07) is 5.40. The SMILES string of the molecule is O=C(Nc1cccc2c1CCCC2)NC1CCS(=O)(=O)C1. The third kappa shape index (κ3) is 3.37. The molecule has 5 nitrogen and oxygen atoms in total. The molecule has 3 rings (SSSR count). The number of anilines is 1. The molecule has 1 aromatic carbocycles. The summed E-state index contributed by atoms with van der Waals surface area (Å²) in [6.45, 7) is 0. The van der Waals surface area contributed by atoms with Crippen LogP contribution in [-0.2, 0) is 22.7 Å². The molecule has 21 heavy (non-hydrogen) atoms. The predicted octanol–water partition coefficient (Wildman–Crippen LogP) is 1.87. The van der Waals surface area contributed by atoms with Gasteiger partial charge in [-0.1, -0.05) is 12.1 Å². The zero-order valence-electron chi connectivity index (χ0n) is 11.9. The van der Waals surface area contributed by atoms with Crippen LogP contribution < -0.4 is 10.6 Å². The van der Waals surface area contributed by atoms with Crippen molar-refractivity contribution in [2.75, 3.05) is 16.8 Å². The number of carbonyl (C=O) groups is 1. The van der Waals surface area contributed by atoms with E-state index in [1.165, 1.54) is 17.5 Å². The van der Waals surface area contributed by atoms with Crippen LogP contribution in [0.2, 0.25) is 0 Å². The second-order valence-corrected chi connectivity index (χ2v) is 8.08. The smallest absolute Gasteiger partial charge is 0.319 e. The lowest BCUT2D eigenvalue weighted by Gasteiger charge is -2.20. The topological polar surface area (TPSA) is 75.3 Å². The Hall–Kier alpha value is -1.56. The average molecular weight is 308 g/mol. The van der Waals surface area contributed by atoms with Gasteiger partial charge in [0.1, 0.15) is 0 Å². The maximum Gasteiger partial charge on any atom is 0.319 e. The number of nitrogens with one attached hydrogen (secondary N) is 2. The Balaban J connectivity index is 1.66. The van der Waals surface area contributed by atoms with Crippen molar-refractivity contribution in [1.29, 1.82) is 0 Å². The molecule has 114 valence electrons. The molecule has 1 saturated heterocycles. The quantitative estimate of drug-likeness (QED) is 0.876. The standard InChI is InChI=1S/C15H20N2O3S/c18-15(16-12-8-9-21(19,20)10-12)17-14-7-3-5-11-4-1-2-6-13(11)14/h3,5,7,12H,1-2,4,6,8-10H2,(H2,16,17,18). The summed E-state index contributed by atoms with van der Waals surface area (Å²) in [4.78, 5) is 12.0. The molecule has 6 heteroatoms. The van der Waals surface area contributed by atoms with E-state index >= 15 is 0 Å². The molecular weight excluding hydrogens is 288 g/mol. The van der Waals surface area contributed by atoms with Crippen molar-refractivity contribution in [3.63, 3.8) is 0 Å². The van der Waals surface area contributed by atoms with Gasteiger partial charge in [-0.3, -0.25) is 0 Å². The number of aryl methyl sites for hydroxylation is 1. The molecule has 1 atom stereocenters. The maximum absolute atomic E-state index is 12.0. The number of urea groups is 1. The molecule has 2 aliphatic rings. The minimum atomic E-state index is -2.97. The first kappa shape index (κ1) is 14.4. The number of hydrogen-bond donors (Lipinski definition) is 2. The fourth-order valence-electron chi connectivity index (χ4n) is 3.15. The number of amides is 2. The Morgan fingerprint density at radius 1 is 1.19 bits per heavy atom. The van der Waals surface area contributed by atoms with Gasteiger partial charge in [-0.05, 0) is 49.3 Å². The van der Waals surface area contributed by atoms with Crippen molar-refractivity contribution in [3.05, 3.63) is 29.3 Å². The maximum atomic E-state index is 12.0. The van der Waals surface area contributed by atoms with Gasteiger partial charge in [0.05, 0.1) is 11.5 Å². The van der Waals surface area contributed by atoms with Crippen molar-refractivity contribution in [2.24, 2.45) is 0 Å². The molecule has 2 amide bonds. The lowest BCUT2D eigenvalue weighted by molar-refractivity contribution is 0.249. The number of hydrogen-bond acceptors (Lipinski definition) is 3. The Labute approximate surface area is 125 Å². The summed E-state index contributed by atoms with van der Waals surface area (Å²) in [5.41, 5.74) is 3.38. The summed E-state index contributed by atoms with van der Waals surface area (Å²) in [5.74, 6) is 0.214. The van der Waals surface area contributed by atoms with Gasteiger partial charge in [0.2, 0.25) is 0 Å². The van der Waals surface area contributed by atoms with Gasteiger partial charge in [-0.2, -0.15) is 0 Å². The second-order valence-electron chi connectivity index (χ2n) is 5.85. The van der Waals surface area contributed by atoms with E-state index in [9.17, 15) is 13.2 Å². The van der Waals surface area contributed by atoms with E-state index in [4.69, 9.17) is 0 Å². The van der Waals surface area contributed by atoms with Crippen molar-refractivity contribution < 1.29 is 13.2 Å². The van der Waals surface area contributed by atoms with Crippen molar-refractivity contribution >= 4 is 21.6 Å². The van der Waals surface area contributed by atoms with Gasteiger partial charge in [-0.25, -0.2) is 13.2 Å². The predicted molar refractivity (Wildman–Crippen MR) is 82.3 cm³/mol. The number of benzene rings is 1. The summed E-state index contributed by atoms with van der Waals surface area (Å²) >= 11 is 0. The van der Waals surface area contributed by atoms with Crippen LogP contribution in [0, 0.1) is 0 Å². The molecule has 1 aliphatic carbocycles. The molecule has 1 heterocycles. The molecule has 0 bridgehead atoms. The van der Waals surface area contributed by atoms with E-state index in [0.29, 0.717) is 6.42 Å². The van der Waals surface area contributed by atoms with Crippen LogP contribution >= 0.6 is 0 Å². The van der Waals surface area contributed by atoms with Crippen LogP contribution in [-0.4, -0.2) is 32.0 Å². The first-order chi connectivity index (χ1) is 10.0. The first-order valence-electron chi connectivity index (χ1n) is 7.42. The van der Waals surface area contributed by atoms with Gasteiger partial charge in [0, 0.05) is 11.7 Å².